The van der Waals surface area contributed by atoms with Crippen molar-refractivity contribution in [1.82, 2.24) is 8.75 Å². The topological polar surface area (TPSA) is 176 Å². The number of aryl methyl sites for hydroxylation is 1. The summed E-state index contributed by atoms with van der Waals surface area (Å²) in [6.45, 7) is 1.92. The molecule has 0 spiro atoms. The molecule has 1 aromatic heterocycles. The molecule has 2 heterocycles. The molecule has 0 bridgehead atoms. The van der Waals surface area contributed by atoms with Gasteiger partial charge in [0.25, 0.3) is 17.2 Å². The minimum atomic E-state index is -1.98. The molecule has 0 fully saturated rings. The molecule has 0 saturated carbocycles. The Morgan fingerprint density at radius 1 is 0.864 bits per heavy atom. The molecule has 0 saturated heterocycles. The number of hydrogen-bond acceptors (Lipinski definition) is 11. The van der Waals surface area contributed by atoms with E-state index < -0.39 is 21.6 Å². The zero-order valence-electron chi connectivity index (χ0n) is 22.9. The third kappa shape index (κ3) is 6.09. The number of cyclic esters (lactones) is 1. The summed E-state index contributed by atoms with van der Waals surface area (Å²) in [5.74, 6) is -2.63. The van der Waals surface area contributed by atoms with Crippen LogP contribution in [-0.2, 0) is 21.7 Å². The second-order valence-corrected chi connectivity index (χ2v) is 10.3. The Kier molecular flexibility index (Phi) is 8.33. The fraction of sp³-hybridized carbons (Fsp3) is 0.0968. The minimum Gasteiger partial charge on any atom is -0.421 e. The maximum Gasteiger partial charge on any atom is 0.342 e. The van der Waals surface area contributed by atoms with Crippen LogP contribution in [0.15, 0.2) is 96.6 Å². The molecule has 6 rings (SSSR count). The first-order valence-electron chi connectivity index (χ1n) is 13.0. The Bertz CT molecular complexity index is 1920. The molecule has 1 unspecified atom stereocenters. The van der Waals surface area contributed by atoms with Crippen LogP contribution >= 0.6 is 11.7 Å². The number of benzene rings is 4. The molecule has 1 N–H and O–H groups in total. The Hall–Kier alpha value is -5.66. The van der Waals surface area contributed by atoms with Crippen molar-refractivity contribution in [1.29, 1.82) is 0 Å². The molecule has 1 aliphatic rings. The number of aliphatic hydroxyl groups is 1. The van der Waals surface area contributed by atoms with Gasteiger partial charge in [-0.1, -0.05) is 48.0 Å². The van der Waals surface area contributed by atoms with Crippen molar-refractivity contribution in [3.8, 4) is 0 Å². The number of carbonyl (C=O) groups excluding carboxylic acids is 2. The fourth-order valence-electron chi connectivity index (χ4n) is 4.60. The second-order valence-electron chi connectivity index (χ2n) is 9.79. The van der Waals surface area contributed by atoms with Gasteiger partial charge in [0, 0.05) is 47.4 Å². The number of hydrogen-bond donors (Lipinski definition) is 1. The lowest BCUT2D eigenvalue weighted by Crippen LogP contribution is -2.29. The van der Waals surface area contributed by atoms with Gasteiger partial charge in [-0.05, 0) is 42.3 Å². The molecule has 1 atom stereocenters. The summed E-state index contributed by atoms with van der Waals surface area (Å²) < 4.78 is 14.0. The highest BCUT2D eigenvalue weighted by molar-refractivity contribution is 7.00. The van der Waals surface area contributed by atoms with E-state index in [4.69, 9.17) is 4.74 Å². The van der Waals surface area contributed by atoms with E-state index in [2.05, 4.69) is 8.75 Å². The number of aromatic nitrogens is 2. The lowest BCUT2D eigenvalue weighted by Gasteiger charge is -2.26. The molecule has 0 radical (unpaired) electrons. The van der Waals surface area contributed by atoms with Gasteiger partial charge in [0.2, 0.25) is 0 Å². The predicted molar refractivity (Wildman–Crippen MR) is 161 cm³/mol. The fourth-order valence-corrected chi connectivity index (χ4v) is 5.12. The van der Waals surface area contributed by atoms with Crippen LogP contribution in [0.4, 0.5) is 11.4 Å². The Morgan fingerprint density at radius 2 is 1.45 bits per heavy atom. The highest BCUT2D eigenvalue weighted by Crippen LogP contribution is 2.45. The summed E-state index contributed by atoms with van der Waals surface area (Å²) >= 11 is 1.07. The van der Waals surface area contributed by atoms with E-state index in [1.165, 1.54) is 36.4 Å². The number of nitro benzene ring substituents is 2. The van der Waals surface area contributed by atoms with Crippen LogP contribution < -0.4 is 0 Å². The van der Waals surface area contributed by atoms with Gasteiger partial charge in [0.1, 0.15) is 17.3 Å². The van der Waals surface area contributed by atoms with Crippen molar-refractivity contribution in [3.05, 3.63) is 145 Å². The number of fused-ring (bicyclic) bond motifs is 1. The molecule has 12 nitrogen and oxygen atoms in total. The summed E-state index contributed by atoms with van der Waals surface area (Å²) in [5.41, 5.74) is 5.00. The monoisotopic (exact) mass is 610 g/mol. The maximum atomic E-state index is 13.1. The second kappa shape index (κ2) is 12.3. The van der Waals surface area contributed by atoms with Gasteiger partial charge in [-0.25, -0.2) is 4.79 Å². The molecule has 13 heteroatoms. The van der Waals surface area contributed by atoms with Crippen molar-refractivity contribution in [3.63, 3.8) is 0 Å². The number of rotatable bonds is 7. The molecular weight excluding hydrogens is 588 g/mol. The predicted octanol–water partition coefficient (Wildman–Crippen LogP) is 5.71. The van der Waals surface area contributed by atoms with Gasteiger partial charge >= 0.3 is 5.97 Å². The number of non-ortho nitro benzene ring substituents is 2. The lowest BCUT2D eigenvalue weighted by molar-refractivity contribution is -0.385. The van der Waals surface area contributed by atoms with E-state index in [1.807, 2.05) is 19.1 Å². The zero-order chi connectivity index (χ0) is 31.4. The zero-order valence-corrected chi connectivity index (χ0v) is 23.8. The summed E-state index contributed by atoms with van der Waals surface area (Å²) in [7, 11) is 0. The van der Waals surface area contributed by atoms with Crippen molar-refractivity contribution >= 4 is 52.0 Å². The number of nitro groups is 2. The van der Waals surface area contributed by atoms with Gasteiger partial charge < -0.3 is 9.84 Å². The van der Waals surface area contributed by atoms with Crippen LogP contribution in [0.2, 0.25) is 0 Å². The molecular formula is C31H22N4O8S. The average Bonchev–Trinajstić information content (AvgIpc) is 3.59. The smallest absolute Gasteiger partial charge is 0.342 e. The molecule has 5 aromatic rings. The lowest BCUT2D eigenvalue weighted by atomic mass is 9.87. The molecule has 44 heavy (non-hydrogen) atoms. The highest BCUT2D eigenvalue weighted by Gasteiger charge is 2.48. The first-order valence-corrected chi connectivity index (χ1v) is 13.7. The third-order valence-corrected chi connectivity index (χ3v) is 7.47. The summed E-state index contributed by atoms with van der Waals surface area (Å²) in [6, 6.07) is 23.8. The Balaban J connectivity index is 0.000000296. The van der Waals surface area contributed by atoms with Crippen molar-refractivity contribution < 1.29 is 29.3 Å². The van der Waals surface area contributed by atoms with Crippen LogP contribution in [0.5, 0.6) is 0 Å². The van der Waals surface area contributed by atoms with Crippen LogP contribution in [-0.4, -0.2) is 36.0 Å². The first-order chi connectivity index (χ1) is 21.1. The van der Waals surface area contributed by atoms with E-state index in [0.29, 0.717) is 45.1 Å². The number of carbonyl (C=O) groups is 2. The molecule has 220 valence electrons. The number of nitrogens with zero attached hydrogens (tertiary/aromatic N) is 4. The molecule has 0 aliphatic carbocycles. The maximum absolute atomic E-state index is 13.1. The Morgan fingerprint density at radius 3 is 2.05 bits per heavy atom. The highest BCUT2D eigenvalue weighted by atomic mass is 32.1. The van der Waals surface area contributed by atoms with Crippen LogP contribution in [0.25, 0.3) is 16.6 Å². The SMILES string of the molecule is Cc1ccc(C2(O)OC(=O)C(c3ccc4nsnc4c3)=C2Cc2ccc([N+](=O)[O-])cc2)cc1.O=Cc1ccc([N+](=O)[O-])cc1. The van der Waals surface area contributed by atoms with Gasteiger partial charge in [-0.15, -0.1) is 0 Å². The van der Waals surface area contributed by atoms with E-state index in [-0.39, 0.29) is 23.4 Å². The van der Waals surface area contributed by atoms with Crippen molar-refractivity contribution in [2.45, 2.75) is 19.1 Å². The number of ether oxygens (including phenoxy) is 1. The third-order valence-electron chi connectivity index (χ3n) is 6.91. The number of aldehydes is 1. The standard InChI is InChI=1S/C24H17N3O5S.C7H5NO3/c1-14-2-7-17(8-3-14)24(29)19(12-15-4-9-18(10-5-15)27(30)31)22(23(28)32-24)16-6-11-20-21(13-16)26-33-25-20;9-5-6-1-3-7(4-2-6)8(10)11/h2-11,13,29H,12H2,1H3;1-5H. The van der Waals surface area contributed by atoms with Crippen molar-refractivity contribution in [2.75, 3.05) is 0 Å². The largest absolute Gasteiger partial charge is 0.421 e. The Labute approximate surface area is 253 Å². The van der Waals surface area contributed by atoms with Crippen LogP contribution in [0.1, 0.15) is 32.6 Å². The van der Waals surface area contributed by atoms with Gasteiger partial charge in [-0.3, -0.25) is 25.0 Å². The van der Waals surface area contributed by atoms with Gasteiger partial charge in [-0.2, -0.15) is 8.75 Å². The van der Waals surface area contributed by atoms with Crippen LogP contribution in [0.3, 0.4) is 0 Å². The summed E-state index contributed by atoms with van der Waals surface area (Å²) in [6.07, 6.45) is 0.792. The van der Waals surface area contributed by atoms with E-state index >= 15 is 0 Å². The molecule has 0 amide bonds. The molecule has 1 aliphatic heterocycles. The van der Waals surface area contributed by atoms with Gasteiger partial charge in [0.15, 0.2) is 0 Å². The average molecular weight is 611 g/mol. The number of esters is 1. The normalized spacial score (nSPS) is 15.8. The quantitative estimate of drug-likeness (QED) is 0.104. The minimum absolute atomic E-state index is 0.00407. The first kappa shape index (κ1) is 29.8. The van der Waals surface area contributed by atoms with Crippen molar-refractivity contribution in [2.24, 2.45) is 0 Å². The van der Waals surface area contributed by atoms with E-state index in [1.54, 1.807) is 42.5 Å². The van der Waals surface area contributed by atoms with Crippen LogP contribution in [0, 0.1) is 27.2 Å². The van der Waals surface area contributed by atoms with E-state index in [9.17, 15) is 34.9 Å². The summed E-state index contributed by atoms with van der Waals surface area (Å²) in [4.78, 5) is 43.4. The van der Waals surface area contributed by atoms with E-state index in [0.717, 1.165) is 17.3 Å². The molecule has 4 aromatic carbocycles. The van der Waals surface area contributed by atoms with Gasteiger partial charge in [0.05, 0.1) is 27.1 Å². The summed E-state index contributed by atoms with van der Waals surface area (Å²) in [5, 5.41) is 32.8.